The Kier molecular flexibility index (Phi) is 30.8. The molecule has 0 unspecified atom stereocenters. The topological polar surface area (TPSA) is 136 Å². The molecule has 0 bridgehead atoms. The molecule has 10 nitrogen and oxygen atoms in total. The molecular formula is C73H94N2O8. The summed E-state index contributed by atoms with van der Waals surface area (Å²) >= 11 is 0. The van der Waals surface area contributed by atoms with Crippen molar-refractivity contribution in [3.05, 3.63) is 167 Å². The van der Waals surface area contributed by atoms with Gasteiger partial charge in [-0.15, -0.1) is 0 Å². The molecule has 6 aromatic carbocycles. The number of benzene rings is 6. The standard InChI is InChI=1S/C73H94N2O8/c1-3-5-7-9-11-13-15-17-19-21-23-25-27-29-51-80-66-45-35-60(36-46-66)72(78)82-68-49-39-62(70(76)54-68)56-74-64-41-31-58(32-42-64)53-59-33-43-65(44-34-59)75-57-63-40-50-69(55-71(63)77)83-73(79)61-37-47-67(48-38-61)81-52-30-28-26-24-22-20-18-16-14-12-10-8-6-4-2/h31-50,54-57,76-77H,3-30,51-53H2,1-2H3. The van der Waals surface area contributed by atoms with Crippen LogP contribution in [0.5, 0.6) is 34.5 Å². The van der Waals surface area contributed by atoms with Crippen molar-refractivity contribution in [3.8, 4) is 34.5 Å². The highest BCUT2D eigenvalue weighted by molar-refractivity contribution is 5.92. The lowest BCUT2D eigenvalue weighted by Gasteiger charge is -2.08. The van der Waals surface area contributed by atoms with E-state index < -0.39 is 11.9 Å². The number of carbonyl (C=O) groups is 2. The Morgan fingerprint density at radius 3 is 0.952 bits per heavy atom. The van der Waals surface area contributed by atoms with Crippen LogP contribution in [0.15, 0.2) is 143 Å². The summed E-state index contributed by atoms with van der Waals surface area (Å²) in [5.74, 6) is 0.740. The first-order valence-electron chi connectivity index (χ1n) is 31.6. The molecule has 0 fully saturated rings. The van der Waals surface area contributed by atoms with Crippen molar-refractivity contribution < 1.29 is 38.7 Å². The van der Waals surface area contributed by atoms with E-state index in [1.54, 1.807) is 85.2 Å². The first-order chi connectivity index (χ1) is 40.8. The third kappa shape index (κ3) is 26.3. The summed E-state index contributed by atoms with van der Waals surface area (Å²) in [6, 6.07) is 39.0. The van der Waals surface area contributed by atoms with Crippen LogP contribution in [-0.4, -0.2) is 47.8 Å². The SMILES string of the molecule is CCCCCCCCCCCCCCCCOc1ccc(C(=O)Oc2ccc(C=Nc3ccc(Cc4ccc(N=Cc5ccc(OC(=O)c6ccc(OCCCCCCCCCCCCCCCC)cc6)cc5O)cc4)cc3)c(O)c2)cc1. The van der Waals surface area contributed by atoms with E-state index in [-0.39, 0.29) is 23.0 Å². The van der Waals surface area contributed by atoms with Gasteiger partial charge < -0.3 is 29.2 Å². The van der Waals surface area contributed by atoms with Gasteiger partial charge >= 0.3 is 11.9 Å². The number of aliphatic imine (C=N–C) groups is 2. The fourth-order valence-electron chi connectivity index (χ4n) is 10.00. The average Bonchev–Trinajstić information content (AvgIpc) is 3.57. The molecule has 10 heteroatoms. The van der Waals surface area contributed by atoms with E-state index in [1.807, 2.05) is 48.5 Å². The quantitative estimate of drug-likeness (QED) is 0.0167. The number of esters is 2. The van der Waals surface area contributed by atoms with Crippen LogP contribution < -0.4 is 18.9 Å². The molecule has 6 aromatic rings. The van der Waals surface area contributed by atoms with Gasteiger partial charge in [-0.25, -0.2) is 9.59 Å². The molecule has 0 saturated heterocycles. The first kappa shape index (κ1) is 65.0. The Balaban J connectivity index is 0.825. The van der Waals surface area contributed by atoms with Crippen LogP contribution in [0.4, 0.5) is 11.4 Å². The Morgan fingerprint density at radius 1 is 0.361 bits per heavy atom. The Labute approximate surface area is 496 Å². The van der Waals surface area contributed by atoms with Gasteiger partial charge in [0.1, 0.15) is 34.5 Å². The summed E-state index contributed by atoms with van der Waals surface area (Å²) in [7, 11) is 0. The molecule has 0 aliphatic heterocycles. The molecule has 0 amide bonds. The largest absolute Gasteiger partial charge is 0.507 e. The zero-order valence-electron chi connectivity index (χ0n) is 50.0. The zero-order chi connectivity index (χ0) is 58.4. The molecule has 444 valence electrons. The number of hydrogen-bond donors (Lipinski definition) is 2. The number of nitrogens with zero attached hydrogens (tertiary/aromatic N) is 2. The molecule has 0 heterocycles. The van der Waals surface area contributed by atoms with Crippen LogP contribution in [0.3, 0.4) is 0 Å². The van der Waals surface area contributed by atoms with Gasteiger partial charge in [-0.1, -0.05) is 205 Å². The number of aromatic hydroxyl groups is 2. The second kappa shape index (κ2) is 39.3. The monoisotopic (exact) mass is 1130 g/mol. The number of phenolic OH excluding ortho intramolecular Hbond substituents is 2. The number of phenols is 2. The van der Waals surface area contributed by atoms with E-state index in [4.69, 9.17) is 18.9 Å². The smallest absolute Gasteiger partial charge is 0.343 e. The van der Waals surface area contributed by atoms with E-state index in [2.05, 4.69) is 23.8 Å². The van der Waals surface area contributed by atoms with Crippen molar-refractivity contribution in [1.29, 1.82) is 0 Å². The minimum atomic E-state index is -0.524. The molecule has 0 saturated carbocycles. The van der Waals surface area contributed by atoms with Gasteiger partial charge in [-0.2, -0.15) is 0 Å². The van der Waals surface area contributed by atoms with Crippen LogP contribution in [0.2, 0.25) is 0 Å². The second-order valence-corrected chi connectivity index (χ2v) is 22.2. The molecule has 0 aromatic heterocycles. The van der Waals surface area contributed by atoms with Crippen LogP contribution in [-0.2, 0) is 6.42 Å². The lowest BCUT2D eigenvalue weighted by Crippen LogP contribution is -2.08. The predicted octanol–water partition coefficient (Wildman–Crippen LogP) is 20.3. The summed E-state index contributed by atoms with van der Waals surface area (Å²) in [5, 5.41) is 21.5. The first-order valence-corrected chi connectivity index (χ1v) is 31.6. The Morgan fingerprint density at radius 2 is 0.651 bits per heavy atom. The summed E-state index contributed by atoms with van der Waals surface area (Å²) < 4.78 is 23.0. The summed E-state index contributed by atoms with van der Waals surface area (Å²) in [4.78, 5) is 34.9. The number of carbonyl (C=O) groups excluding carboxylic acids is 2. The van der Waals surface area contributed by atoms with Crippen molar-refractivity contribution in [1.82, 2.24) is 0 Å². The molecule has 6 rings (SSSR count). The van der Waals surface area contributed by atoms with Crippen LogP contribution >= 0.6 is 0 Å². The van der Waals surface area contributed by atoms with E-state index in [0.717, 1.165) is 59.7 Å². The second-order valence-electron chi connectivity index (χ2n) is 22.2. The third-order valence-electron chi connectivity index (χ3n) is 15.1. The summed E-state index contributed by atoms with van der Waals surface area (Å²) in [6.07, 6.45) is 40.7. The molecule has 0 radical (unpaired) electrons. The number of rotatable bonds is 42. The van der Waals surface area contributed by atoms with Gasteiger partial charge in [0.25, 0.3) is 0 Å². The van der Waals surface area contributed by atoms with Gasteiger partial charge in [0.2, 0.25) is 0 Å². The molecule has 0 atom stereocenters. The van der Waals surface area contributed by atoms with E-state index >= 15 is 0 Å². The minimum Gasteiger partial charge on any atom is -0.507 e. The molecular weight excluding hydrogens is 1030 g/mol. The number of unbranched alkanes of at least 4 members (excludes halogenated alkanes) is 26. The molecule has 0 spiro atoms. The average molecular weight is 1130 g/mol. The molecule has 2 N–H and O–H groups in total. The number of hydrogen-bond acceptors (Lipinski definition) is 10. The van der Waals surface area contributed by atoms with Crippen molar-refractivity contribution in [2.75, 3.05) is 13.2 Å². The predicted molar refractivity (Wildman–Crippen MR) is 341 cm³/mol. The van der Waals surface area contributed by atoms with Gasteiger partial charge in [0, 0.05) is 35.7 Å². The van der Waals surface area contributed by atoms with Crippen molar-refractivity contribution in [3.63, 3.8) is 0 Å². The van der Waals surface area contributed by atoms with Gasteiger partial charge in [0.15, 0.2) is 0 Å². The zero-order valence-corrected chi connectivity index (χ0v) is 50.0. The normalized spacial score (nSPS) is 11.4. The highest BCUT2D eigenvalue weighted by atomic mass is 16.5. The van der Waals surface area contributed by atoms with Crippen molar-refractivity contribution >= 4 is 35.7 Å². The van der Waals surface area contributed by atoms with E-state index in [1.165, 1.54) is 166 Å². The Bertz CT molecular complexity index is 2610. The van der Waals surface area contributed by atoms with Crippen LogP contribution in [0.1, 0.15) is 237 Å². The molecule has 0 aliphatic rings. The van der Waals surface area contributed by atoms with Gasteiger partial charge in [-0.05, 0) is 127 Å². The fourth-order valence-corrected chi connectivity index (χ4v) is 10.00. The maximum Gasteiger partial charge on any atom is 0.343 e. The Hall–Kier alpha value is -7.20. The van der Waals surface area contributed by atoms with Crippen molar-refractivity contribution in [2.45, 2.75) is 200 Å². The highest BCUT2D eigenvalue weighted by Gasteiger charge is 2.13. The van der Waals surface area contributed by atoms with E-state index in [0.29, 0.717) is 41.9 Å². The lowest BCUT2D eigenvalue weighted by molar-refractivity contribution is 0.0724. The number of ether oxygens (including phenoxy) is 4. The lowest BCUT2D eigenvalue weighted by atomic mass is 10.0. The molecule has 83 heavy (non-hydrogen) atoms. The fraction of sp³-hybridized carbons (Fsp3) is 0.452. The highest BCUT2D eigenvalue weighted by Crippen LogP contribution is 2.28. The van der Waals surface area contributed by atoms with Gasteiger partial charge in [-0.3, -0.25) is 9.98 Å². The van der Waals surface area contributed by atoms with Crippen LogP contribution in [0, 0.1) is 0 Å². The van der Waals surface area contributed by atoms with Crippen LogP contribution in [0.25, 0.3) is 0 Å². The van der Waals surface area contributed by atoms with E-state index in [9.17, 15) is 19.8 Å². The maximum absolute atomic E-state index is 12.9. The molecule has 0 aliphatic carbocycles. The third-order valence-corrected chi connectivity index (χ3v) is 15.1. The van der Waals surface area contributed by atoms with Crippen molar-refractivity contribution in [2.24, 2.45) is 9.98 Å². The minimum absolute atomic E-state index is 0.0582. The summed E-state index contributed by atoms with van der Waals surface area (Å²) in [5.41, 5.74) is 5.38. The van der Waals surface area contributed by atoms with Gasteiger partial charge in [0.05, 0.1) is 35.7 Å². The maximum atomic E-state index is 12.9. The summed E-state index contributed by atoms with van der Waals surface area (Å²) in [6.45, 7) is 5.85.